The molecular weight excluding hydrogens is 641 g/mol. The maximum absolute atomic E-state index is 2.46. The second-order valence-corrected chi connectivity index (χ2v) is 13.1. The van der Waals surface area contributed by atoms with Crippen LogP contribution in [0.25, 0.3) is 89.1 Å². The maximum atomic E-state index is 2.46. The van der Waals surface area contributed by atoms with Gasteiger partial charge in [-0.05, 0) is 94.9 Å². The van der Waals surface area contributed by atoms with Crippen molar-refractivity contribution in [1.29, 1.82) is 0 Å². The Balaban J connectivity index is 0.000000969. The average Bonchev–Trinajstić information content (AvgIpc) is 3.89. The second-order valence-electron chi connectivity index (χ2n) is 13.1. The summed E-state index contributed by atoms with van der Waals surface area (Å²) in [4.78, 5) is 0. The van der Waals surface area contributed by atoms with Crippen molar-refractivity contribution in [2.75, 3.05) is 0 Å². The molecule has 0 saturated heterocycles. The molecule has 0 amide bonds. The third kappa shape index (κ3) is 5.77. The molecule has 0 aliphatic rings. The third-order valence-corrected chi connectivity index (χ3v) is 10.2. The van der Waals surface area contributed by atoms with E-state index in [1.807, 2.05) is 27.7 Å². The largest absolute Gasteiger partial charge is 0.310 e. The number of benzene rings is 7. The van der Waals surface area contributed by atoms with E-state index in [-0.39, 0.29) is 0 Å². The highest BCUT2D eigenvalue weighted by Gasteiger charge is 2.18. The summed E-state index contributed by atoms with van der Waals surface area (Å²) in [6.07, 6.45) is 4.59. The lowest BCUT2D eigenvalue weighted by Crippen LogP contribution is -1.98. The van der Waals surface area contributed by atoms with Crippen molar-refractivity contribution in [3.63, 3.8) is 0 Å². The van der Waals surface area contributed by atoms with Crippen molar-refractivity contribution in [2.24, 2.45) is 0 Å². The molecule has 0 spiro atoms. The topological polar surface area (TPSA) is 9.34 Å². The molecule has 0 radical (unpaired) electrons. The van der Waals surface area contributed by atoms with Gasteiger partial charge in [0.05, 0.1) is 22.1 Å². The minimum absolute atomic E-state index is 1.14. The molecule has 0 unspecified atom stereocenters. The van der Waals surface area contributed by atoms with Crippen LogP contribution in [0.1, 0.15) is 44.5 Å². The fraction of sp³-hybridized carbons (Fsp3) is 0.0980. The van der Waals surface area contributed by atoms with E-state index in [4.69, 9.17) is 0 Å². The van der Waals surface area contributed by atoms with Crippen molar-refractivity contribution in [3.05, 3.63) is 181 Å². The zero-order valence-electron chi connectivity index (χ0n) is 31.1. The van der Waals surface area contributed by atoms with E-state index in [9.17, 15) is 0 Å². The van der Waals surface area contributed by atoms with Gasteiger partial charge in [0.1, 0.15) is 0 Å². The summed E-state index contributed by atoms with van der Waals surface area (Å²) in [7, 11) is 0. The van der Waals surface area contributed by atoms with Gasteiger partial charge in [-0.3, -0.25) is 0 Å². The zero-order chi connectivity index (χ0) is 36.5. The molecular formula is C51H44N2. The quantitative estimate of drug-likeness (QED) is 0.171. The van der Waals surface area contributed by atoms with Crippen LogP contribution in [-0.4, -0.2) is 8.97 Å². The number of para-hydroxylation sites is 3. The Morgan fingerprint density at radius 2 is 0.981 bits per heavy atom. The lowest BCUT2D eigenvalue weighted by molar-refractivity contribution is 1.11. The first-order valence-electron chi connectivity index (χ1n) is 18.9. The molecule has 10 rings (SSSR count). The molecule has 0 atom stereocenters. The van der Waals surface area contributed by atoms with Crippen molar-refractivity contribution in [2.45, 2.75) is 34.6 Å². The normalized spacial score (nSPS) is 11.4. The van der Waals surface area contributed by atoms with Crippen LogP contribution in [0.5, 0.6) is 0 Å². The third-order valence-electron chi connectivity index (χ3n) is 10.2. The van der Waals surface area contributed by atoms with Gasteiger partial charge >= 0.3 is 0 Å². The summed E-state index contributed by atoms with van der Waals surface area (Å²) in [6, 6.07) is 59.6. The molecule has 0 aliphatic heterocycles. The molecule has 53 heavy (non-hydrogen) atoms. The van der Waals surface area contributed by atoms with Gasteiger partial charge in [0.25, 0.3) is 0 Å². The van der Waals surface area contributed by atoms with E-state index in [1.165, 1.54) is 82.4 Å². The Morgan fingerprint density at radius 3 is 1.66 bits per heavy atom. The predicted octanol–water partition coefficient (Wildman–Crippen LogP) is 14.6. The summed E-state index contributed by atoms with van der Waals surface area (Å²) in [5.74, 6) is 0. The molecule has 0 fully saturated rings. The van der Waals surface area contributed by atoms with E-state index < -0.39 is 0 Å². The van der Waals surface area contributed by atoms with Crippen LogP contribution in [0.4, 0.5) is 0 Å². The second kappa shape index (κ2) is 14.3. The highest BCUT2D eigenvalue weighted by atomic mass is 15.0. The number of rotatable bonds is 5. The SMILES string of the molecule is CC.CC.Cc1cc2c(cc1/C=C\c1cc3ccccc3n1-c1cc(-c3ccccc3)cc(-c3ccccc3)c1)c1cccc3c4ccccc4n2c31. The van der Waals surface area contributed by atoms with Crippen molar-refractivity contribution >= 4 is 61.1 Å². The first kappa shape index (κ1) is 33.7. The number of hydrogen-bond donors (Lipinski definition) is 0. The van der Waals surface area contributed by atoms with E-state index >= 15 is 0 Å². The van der Waals surface area contributed by atoms with Crippen molar-refractivity contribution in [3.8, 4) is 27.9 Å². The Labute approximate surface area is 312 Å². The van der Waals surface area contributed by atoms with Crippen LogP contribution in [0.15, 0.2) is 164 Å². The number of hydrogen-bond acceptors (Lipinski definition) is 0. The predicted molar refractivity (Wildman–Crippen MR) is 232 cm³/mol. The van der Waals surface area contributed by atoms with Gasteiger partial charge in [-0.25, -0.2) is 0 Å². The molecule has 258 valence electrons. The Morgan fingerprint density at radius 1 is 0.415 bits per heavy atom. The van der Waals surface area contributed by atoms with Crippen LogP contribution in [0, 0.1) is 6.92 Å². The molecule has 7 aromatic carbocycles. The number of fused-ring (bicyclic) bond motifs is 7. The molecule has 0 aliphatic carbocycles. The monoisotopic (exact) mass is 684 g/mol. The van der Waals surface area contributed by atoms with Gasteiger partial charge in [-0.2, -0.15) is 0 Å². The highest BCUT2D eigenvalue weighted by Crippen LogP contribution is 2.40. The molecule has 0 saturated carbocycles. The summed E-state index contributed by atoms with van der Waals surface area (Å²) in [5, 5.41) is 6.44. The first-order chi connectivity index (χ1) is 26.2. The van der Waals surface area contributed by atoms with Gasteiger partial charge < -0.3 is 8.97 Å². The van der Waals surface area contributed by atoms with Gasteiger partial charge in [0, 0.05) is 38.3 Å². The maximum Gasteiger partial charge on any atom is 0.0620 e. The minimum atomic E-state index is 1.14. The number of aryl methyl sites for hydroxylation is 1. The molecule has 2 nitrogen and oxygen atoms in total. The van der Waals surface area contributed by atoms with E-state index in [0.717, 1.165) is 11.4 Å². The molecule has 0 bridgehead atoms. The van der Waals surface area contributed by atoms with Crippen LogP contribution in [0.2, 0.25) is 0 Å². The summed E-state index contributed by atoms with van der Waals surface area (Å²) in [5.41, 5.74) is 14.6. The Kier molecular flexibility index (Phi) is 9.12. The number of aromatic nitrogens is 2. The van der Waals surface area contributed by atoms with Gasteiger partial charge in [0.15, 0.2) is 0 Å². The lowest BCUT2D eigenvalue weighted by Gasteiger charge is -2.15. The van der Waals surface area contributed by atoms with Crippen LogP contribution in [-0.2, 0) is 0 Å². The lowest BCUT2D eigenvalue weighted by atomic mass is 9.98. The Bertz CT molecular complexity index is 2810. The molecule has 3 aromatic heterocycles. The average molecular weight is 685 g/mol. The Hall–Kier alpha value is -6.38. The molecule has 2 heteroatoms. The molecule has 0 N–H and O–H groups in total. The van der Waals surface area contributed by atoms with Gasteiger partial charge in [0.2, 0.25) is 0 Å². The summed E-state index contributed by atoms with van der Waals surface area (Å²) < 4.78 is 4.86. The zero-order valence-corrected chi connectivity index (χ0v) is 31.1. The number of nitrogens with zero attached hydrogens (tertiary/aromatic N) is 2. The fourth-order valence-electron chi connectivity index (χ4n) is 7.87. The van der Waals surface area contributed by atoms with Gasteiger partial charge in [-0.15, -0.1) is 0 Å². The summed E-state index contributed by atoms with van der Waals surface area (Å²) >= 11 is 0. The standard InChI is InChI=1S/C47H32N2.2C2H6/c1-31-25-46-43(42-20-12-19-41-40-18-9-11-22-45(40)49(46)47(41)42)30-34(31)23-24-38-27-35-17-8-10-21-44(35)48(38)39-28-36(32-13-4-2-5-14-32)26-37(29-39)33-15-6-3-7-16-33;2*1-2/h2-30H,1H3;2*1-2H3/b24-23-;;. The first-order valence-corrected chi connectivity index (χ1v) is 18.9. The summed E-state index contributed by atoms with van der Waals surface area (Å²) in [6.45, 7) is 10.2. The van der Waals surface area contributed by atoms with Crippen molar-refractivity contribution < 1.29 is 0 Å². The van der Waals surface area contributed by atoms with E-state index in [1.54, 1.807) is 0 Å². The van der Waals surface area contributed by atoms with E-state index in [2.05, 4.69) is 192 Å². The van der Waals surface area contributed by atoms with E-state index in [0.29, 0.717) is 0 Å². The fourth-order valence-corrected chi connectivity index (χ4v) is 7.87. The molecule has 10 aromatic rings. The smallest absolute Gasteiger partial charge is 0.0620 e. The van der Waals surface area contributed by atoms with Crippen LogP contribution >= 0.6 is 0 Å². The van der Waals surface area contributed by atoms with Crippen molar-refractivity contribution in [1.82, 2.24) is 8.97 Å². The van der Waals surface area contributed by atoms with Crippen LogP contribution in [0.3, 0.4) is 0 Å². The van der Waals surface area contributed by atoms with Crippen LogP contribution < -0.4 is 0 Å². The molecule has 3 heterocycles. The minimum Gasteiger partial charge on any atom is -0.310 e. The van der Waals surface area contributed by atoms with Gasteiger partial charge in [-0.1, -0.05) is 149 Å². The highest BCUT2D eigenvalue weighted by molar-refractivity contribution is 6.23.